The summed E-state index contributed by atoms with van der Waals surface area (Å²) in [6, 6.07) is 12.8. The monoisotopic (exact) mass is 439 g/mol. The van der Waals surface area contributed by atoms with Crippen molar-refractivity contribution in [3.05, 3.63) is 65.6 Å². The Bertz CT molecular complexity index is 1020. The second kappa shape index (κ2) is 9.93. The van der Waals surface area contributed by atoms with Crippen LogP contribution in [0.3, 0.4) is 0 Å². The Morgan fingerprint density at radius 2 is 1.78 bits per heavy atom. The maximum atomic E-state index is 13.5. The summed E-state index contributed by atoms with van der Waals surface area (Å²) < 4.78 is 24.4. The van der Waals surface area contributed by atoms with Crippen LogP contribution in [0, 0.1) is 5.82 Å². The second-order valence-corrected chi connectivity index (χ2v) is 7.56. The van der Waals surface area contributed by atoms with Gasteiger partial charge in [-0.3, -0.25) is 19.4 Å². The number of halogens is 1. The van der Waals surface area contributed by atoms with Crippen molar-refractivity contribution in [2.75, 3.05) is 51.3 Å². The van der Waals surface area contributed by atoms with E-state index in [2.05, 4.69) is 10.2 Å². The number of morpholine rings is 1. The van der Waals surface area contributed by atoms with Crippen molar-refractivity contribution in [1.29, 1.82) is 0 Å². The Morgan fingerprint density at radius 1 is 1.03 bits per heavy atom. The summed E-state index contributed by atoms with van der Waals surface area (Å²) in [4.78, 5) is 30.0. The van der Waals surface area contributed by atoms with Crippen molar-refractivity contribution in [2.24, 2.45) is 0 Å². The maximum absolute atomic E-state index is 13.5. The SMILES string of the molecule is CCOc1cccc(NC2=C(c3ccc(F)cc3)C(=O)N(CCN3CCOCC3)C2=O)c1. The number of anilines is 1. The minimum atomic E-state index is -0.408. The van der Waals surface area contributed by atoms with Crippen LogP contribution in [-0.4, -0.2) is 67.6 Å². The average molecular weight is 439 g/mol. The lowest BCUT2D eigenvalue weighted by atomic mass is 10.0. The number of hydrogen-bond acceptors (Lipinski definition) is 6. The van der Waals surface area contributed by atoms with E-state index in [0.717, 1.165) is 13.1 Å². The van der Waals surface area contributed by atoms with Gasteiger partial charge in [-0.25, -0.2) is 4.39 Å². The van der Waals surface area contributed by atoms with Gasteiger partial charge < -0.3 is 14.8 Å². The van der Waals surface area contributed by atoms with E-state index in [9.17, 15) is 14.0 Å². The fourth-order valence-corrected chi connectivity index (χ4v) is 3.82. The molecule has 0 atom stereocenters. The van der Waals surface area contributed by atoms with Crippen LogP contribution in [0.5, 0.6) is 5.75 Å². The third-order valence-corrected chi connectivity index (χ3v) is 5.46. The van der Waals surface area contributed by atoms with Crippen molar-refractivity contribution in [3.8, 4) is 5.75 Å². The topological polar surface area (TPSA) is 71.1 Å². The number of nitrogens with zero attached hydrogens (tertiary/aromatic N) is 2. The largest absolute Gasteiger partial charge is 0.494 e. The first-order chi connectivity index (χ1) is 15.6. The molecule has 2 aromatic rings. The number of ether oxygens (including phenoxy) is 2. The molecule has 1 fully saturated rings. The first-order valence-electron chi connectivity index (χ1n) is 10.7. The van der Waals surface area contributed by atoms with Gasteiger partial charge in [0.1, 0.15) is 17.3 Å². The number of amides is 2. The third-order valence-electron chi connectivity index (χ3n) is 5.46. The first-order valence-corrected chi connectivity index (χ1v) is 10.7. The predicted octanol–water partition coefficient (Wildman–Crippen LogP) is 2.75. The number of hydrogen-bond donors (Lipinski definition) is 1. The van der Waals surface area contributed by atoms with Crippen molar-refractivity contribution >= 4 is 23.1 Å². The van der Waals surface area contributed by atoms with E-state index in [1.54, 1.807) is 12.1 Å². The second-order valence-electron chi connectivity index (χ2n) is 7.56. The van der Waals surface area contributed by atoms with Gasteiger partial charge >= 0.3 is 0 Å². The van der Waals surface area contributed by atoms with Gasteiger partial charge in [0, 0.05) is 37.9 Å². The van der Waals surface area contributed by atoms with Crippen molar-refractivity contribution < 1.29 is 23.5 Å². The zero-order valence-corrected chi connectivity index (χ0v) is 18.0. The fourth-order valence-electron chi connectivity index (χ4n) is 3.82. The molecule has 0 aromatic heterocycles. The molecule has 2 aliphatic rings. The fraction of sp³-hybridized carbons (Fsp3) is 0.333. The maximum Gasteiger partial charge on any atom is 0.278 e. The number of imide groups is 1. The van der Waals surface area contributed by atoms with Crippen molar-refractivity contribution in [1.82, 2.24) is 9.80 Å². The van der Waals surface area contributed by atoms with Crippen LogP contribution in [0.2, 0.25) is 0 Å². The Balaban J connectivity index is 1.61. The number of nitrogens with one attached hydrogen (secondary N) is 1. The van der Waals surface area contributed by atoms with Gasteiger partial charge in [-0.2, -0.15) is 0 Å². The standard InChI is InChI=1S/C24H26FN3O4/c1-2-32-20-5-3-4-19(16-20)26-22-21(17-6-8-18(25)9-7-17)23(29)28(24(22)30)11-10-27-12-14-31-15-13-27/h3-9,16,26H,2,10-15H2,1H3. The highest BCUT2D eigenvalue weighted by Gasteiger charge is 2.39. The summed E-state index contributed by atoms with van der Waals surface area (Å²) >= 11 is 0. The molecule has 0 unspecified atom stereocenters. The highest BCUT2D eigenvalue weighted by Crippen LogP contribution is 2.31. The van der Waals surface area contributed by atoms with E-state index in [-0.39, 0.29) is 17.8 Å². The number of carbonyl (C=O) groups excluding carboxylic acids is 2. The molecule has 0 radical (unpaired) electrons. The third kappa shape index (κ3) is 4.81. The van der Waals surface area contributed by atoms with Crippen LogP contribution in [0.4, 0.5) is 10.1 Å². The molecule has 2 amide bonds. The Hall–Kier alpha value is -3.23. The average Bonchev–Trinajstić information content (AvgIpc) is 3.03. The zero-order chi connectivity index (χ0) is 22.5. The lowest BCUT2D eigenvalue weighted by Gasteiger charge is -2.28. The van der Waals surface area contributed by atoms with Crippen LogP contribution in [0.15, 0.2) is 54.2 Å². The zero-order valence-electron chi connectivity index (χ0n) is 18.0. The molecule has 32 heavy (non-hydrogen) atoms. The molecular weight excluding hydrogens is 413 g/mol. The van der Waals surface area contributed by atoms with Gasteiger partial charge in [0.2, 0.25) is 0 Å². The summed E-state index contributed by atoms with van der Waals surface area (Å²) in [7, 11) is 0. The van der Waals surface area contributed by atoms with E-state index in [4.69, 9.17) is 9.47 Å². The number of rotatable bonds is 8. The van der Waals surface area contributed by atoms with Crippen molar-refractivity contribution in [2.45, 2.75) is 6.92 Å². The van der Waals surface area contributed by atoms with Crippen LogP contribution >= 0.6 is 0 Å². The Kier molecular flexibility index (Phi) is 6.82. The number of benzene rings is 2. The van der Waals surface area contributed by atoms with Gasteiger partial charge in [-0.05, 0) is 36.8 Å². The molecule has 0 saturated carbocycles. The molecule has 1 saturated heterocycles. The summed E-state index contributed by atoms with van der Waals surface area (Å²) in [6.45, 7) is 6.07. The summed E-state index contributed by atoms with van der Waals surface area (Å²) in [6.07, 6.45) is 0. The highest BCUT2D eigenvalue weighted by atomic mass is 19.1. The van der Waals surface area contributed by atoms with Gasteiger partial charge in [0.15, 0.2) is 0 Å². The highest BCUT2D eigenvalue weighted by molar-refractivity contribution is 6.36. The minimum absolute atomic E-state index is 0.178. The van der Waals surface area contributed by atoms with Crippen LogP contribution in [0.1, 0.15) is 12.5 Å². The molecule has 0 bridgehead atoms. The van der Waals surface area contributed by atoms with Gasteiger partial charge in [0.25, 0.3) is 11.8 Å². The smallest absolute Gasteiger partial charge is 0.278 e. The van der Waals surface area contributed by atoms with Crippen molar-refractivity contribution in [3.63, 3.8) is 0 Å². The molecular formula is C24H26FN3O4. The van der Waals surface area contributed by atoms with E-state index >= 15 is 0 Å². The van der Waals surface area contributed by atoms with Crippen LogP contribution in [-0.2, 0) is 14.3 Å². The molecule has 7 nitrogen and oxygen atoms in total. The Morgan fingerprint density at radius 3 is 2.50 bits per heavy atom. The molecule has 1 N–H and O–H groups in total. The number of carbonyl (C=O) groups is 2. The van der Waals surface area contributed by atoms with Gasteiger partial charge in [-0.15, -0.1) is 0 Å². The molecule has 0 spiro atoms. The quantitative estimate of drug-likeness (QED) is 0.638. The molecule has 2 aromatic carbocycles. The molecule has 0 aliphatic carbocycles. The lowest BCUT2D eigenvalue weighted by Crippen LogP contribution is -2.43. The summed E-state index contributed by atoms with van der Waals surface area (Å²) in [5.74, 6) is -0.542. The summed E-state index contributed by atoms with van der Waals surface area (Å²) in [5.41, 5.74) is 1.53. The normalized spacial score (nSPS) is 17.2. The molecule has 2 aliphatic heterocycles. The first kappa shape index (κ1) is 22.0. The van der Waals surface area contributed by atoms with Gasteiger partial charge in [-0.1, -0.05) is 18.2 Å². The Labute approximate surface area is 186 Å². The lowest BCUT2D eigenvalue weighted by molar-refractivity contribution is -0.137. The van der Waals surface area contributed by atoms with Crippen LogP contribution < -0.4 is 10.1 Å². The van der Waals surface area contributed by atoms with Gasteiger partial charge in [0.05, 0.1) is 25.4 Å². The molecule has 168 valence electrons. The molecule has 8 heteroatoms. The van der Waals surface area contributed by atoms with E-state index < -0.39 is 17.6 Å². The van der Waals surface area contributed by atoms with E-state index in [1.165, 1.54) is 29.2 Å². The molecule has 2 heterocycles. The van der Waals surface area contributed by atoms with E-state index in [0.29, 0.717) is 43.4 Å². The summed E-state index contributed by atoms with van der Waals surface area (Å²) in [5, 5.41) is 3.11. The molecule has 4 rings (SSSR count). The van der Waals surface area contributed by atoms with Crippen LogP contribution in [0.25, 0.3) is 5.57 Å². The van der Waals surface area contributed by atoms with E-state index in [1.807, 2.05) is 19.1 Å². The predicted molar refractivity (Wildman–Crippen MR) is 119 cm³/mol. The minimum Gasteiger partial charge on any atom is -0.494 e.